The number of hydrogen-bond acceptors (Lipinski definition) is 4. The third-order valence-electron chi connectivity index (χ3n) is 1.94. The summed E-state index contributed by atoms with van der Waals surface area (Å²) >= 11 is 0. The van der Waals surface area contributed by atoms with Crippen LogP contribution in [0.25, 0.3) is 0 Å². The van der Waals surface area contributed by atoms with Crippen LogP contribution in [0.3, 0.4) is 0 Å². The fourth-order valence-electron chi connectivity index (χ4n) is 1.16. The van der Waals surface area contributed by atoms with Gasteiger partial charge in [0.05, 0.1) is 18.2 Å². The van der Waals surface area contributed by atoms with Gasteiger partial charge in [0, 0.05) is 0 Å². The fourth-order valence-corrected chi connectivity index (χ4v) is 1.16. The second kappa shape index (κ2) is 4.17. The van der Waals surface area contributed by atoms with E-state index in [1.165, 1.54) is 26.2 Å². The van der Waals surface area contributed by atoms with Crippen molar-refractivity contribution in [3.63, 3.8) is 0 Å². The number of phenolic OH excluding ortho intramolecular Hbond substituents is 1. The SMILES string of the molecule is [B]c1cc(C(=O)OC)cc(C(C)=O)c1O. The lowest BCUT2D eigenvalue weighted by molar-refractivity contribution is 0.0601. The summed E-state index contributed by atoms with van der Waals surface area (Å²) < 4.78 is 4.48. The number of carbonyl (C=O) groups is 2. The quantitative estimate of drug-likeness (QED) is 0.423. The van der Waals surface area contributed by atoms with Gasteiger partial charge < -0.3 is 9.84 Å². The first-order valence-electron chi connectivity index (χ1n) is 4.19. The minimum Gasteiger partial charge on any atom is -0.508 e. The molecule has 4 nitrogen and oxygen atoms in total. The number of rotatable bonds is 2. The standard InChI is InChI=1S/C10H9BO4/c1-5(12)7-3-6(10(14)15-2)4-8(11)9(7)13/h3-4,13H,1-2H3. The monoisotopic (exact) mass is 204 g/mol. The van der Waals surface area contributed by atoms with Crippen LogP contribution in [0, 0.1) is 0 Å². The number of carbonyl (C=O) groups excluding carboxylic acids is 2. The summed E-state index contributed by atoms with van der Waals surface area (Å²) in [6.45, 7) is 1.27. The molecule has 0 fully saturated rings. The zero-order valence-electron chi connectivity index (χ0n) is 8.40. The van der Waals surface area contributed by atoms with E-state index in [2.05, 4.69) is 4.74 Å². The lowest BCUT2D eigenvalue weighted by Gasteiger charge is -2.07. The molecule has 5 heteroatoms. The van der Waals surface area contributed by atoms with Gasteiger partial charge in [-0.3, -0.25) is 4.79 Å². The van der Waals surface area contributed by atoms with Gasteiger partial charge in [-0.25, -0.2) is 4.79 Å². The number of Topliss-reactive ketones (excluding diaryl/α,β-unsaturated/α-hetero) is 1. The van der Waals surface area contributed by atoms with Crippen LogP contribution in [0.2, 0.25) is 0 Å². The molecule has 0 saturated carbocycles. The van der Waals surface area contributed by atoms with Crippen LogP contribution in [0.5, 0.6) is 5.75 Å². The van der Waals surface area contributed by atoms with Crippen molar-refractivity contribution in [3.8, 4) is 5.75 Å². The molecule has 0 bridgehead atoms. The molecule has 0 atom stereocenters. The molecular formula is C10H9BO4. The van der Waals surface area contributed by atoms with Crippen LogP contribution in [0.4, 0.5) is 0 Å². The van der Waals surface area contributed by atoms with E-state index < -0.39 is 5.97 Å². The highest BCUT2D eigenvalue weighted by Gasteiger charge is 2.14. The molecule has 1 aromatic carbocycles. The predicted molar refractivity (Wildman–Crippen MR) is 54.8 cm³/mol. The number of ether oxygens (including phenoxy) is 1. The van der Waals surface area contributed by atoms with Gasteiger partial charge in [-0.1, -0.05) is 11.5 Å². The average Bonchev–Trinajstić information content (AvgIpc) is 2.20. The summed E-state index contributed by atoms with van der Waals surface area (Å²) in [5, 5.41) is 9.45. The largest absolute Gasteiger partial charge is 0.508 e. The van der Waals surface area contributed by atoms with Crippen molar-refractivity contribution in [3.05, 3.63) is 23.3 Å². The lowest BCUT2D eigenvalue weighted by atomic mass is 9.89. The summed E-state index contributed by atoms with van der Waals surface area (Å²) in [7, 11) is 6.66. The summed E-state index contributed by atoms with van der Waals surface area (Å²) in [4.78, 5) is 22.3. The van der Waals surface area contributed by atoms with E-state index in [0.29, 0.717) is 0 Å². The van der Waals surface area contributed by atoms with Crippen molar-refractivity contribution < 1.29 is 19.4 Å². The average molecular weight is 204 g/mol. The van der Waals surface area contributed by atoms with Gasteiger partial charge in [0.2, 0.25) is 0 Å². The molecular weight excluding hydrogens is 195 g/mol. The van der Waals surface area contributed by atoms with Gasteiger partial charge >= 0.3 is 5.97 Å². The Hall–Kier alpha value is -1.78. The van der Waals surface area contributed by atoms with Crippen LogP contribution in [-0.4, -0.2) is 31.8 Å². The molecule has 1 N–H and O–H groups in total. The first kappa shape index (κ1) is 11.3. The van der Waals surface area contributed by atoms with Gasteiger partial charge in [-0.2, -0.15) is 0 Å². The molecule has 0 aliphatic heterocycles. The maximum atomic E-state index is 11.2. The van der Waals surface area contributed by atoms with E-state index in [9.17, 15) is 14.7 Å². The molecule has 0 aliphatic rings. The van der Waals surface area contributed by atoms with E-state index in [1.54, 1.807) is 0 Å². The molecule has 0 saturated heterocycles. The lowest BCUT2D eigenvalue weighted by Crippen LogP contribution is -2.13. The molecule has 0 aliphatic carbocycles. The Morgan fingerprint density at radius 1 is 1.40 bits per heavy atom. The molecule has 15 heavy (non-hydrogen) atoms. The van der Waals surface area contributed by atoms with Crippen LogP contribution in [0.15, 0.2) is 12.1 Å². The van der Waals surface area contributed by atoms with Gasteiger partial charge in [0.15, 0.2) is 5.78 Å². The predicted octanol–water partition coefficient (Wildman–Crippen LogP) is 0.175. The van der Waals surface area contributed by atoms with Gasteiger partial charge in [-0.05, 0) is 13.0 Å². The number of hydrogen-bond donors (Lipinski definition) is 1. The summed E-state index contributed by atoms with van der Waals surface area (Å²) in [6.07, 6.45) is 0. The van der Waals surface area contributed by atoms with Crippen molar-refractivity contribution in [2.45, 2.75) is 6.92 Å². The summed E-state index contributed by atoms with van der Waals surface area (Å²) in [6, 6.07) is 2.51. The van der Waals surface area contributed by atoms with Gasteiger partial charge in [0.1, 0.15) is 13.6 Å². The second-order valence-electron chi connectivity index (χ2n) is 3.01. The Kier molecular flexibility index (Phi) is 3.14. The fraction of sp³-hybridized carbons (Fsp3) is 0.200. The van der Waals surface area contributed by atoms with Crippen molar-refractivity contribution in [2.24, 2.45) is 0 Å². The molecule has 1 aromatic rings. The van der Waals surface area contributed by atoms with Crippen molar-refractivity contribution in [1.82, 2.24) is 0 Å². The molecule has 1 rings (SSSR count). The van der Waals surface area contributed by atoms with Crippen molar-refractivity contribution >= 4 is 25.1 Å². The first-order chi connectivity index (χ1) is 6.97. The smallest absolute Gasteiger partial charge is 0.337 e. The van der Waals surface area contributed by atoms with Crippen LogP contribution in [0.1, 0.15) is 27.6 Å². The summed E-state index contributed by atoms with van der Waals surface area (Å²) in [5.41, 5.74) is 0.122. The maximum absolute atomic E-state index is 11.2. The zero-order valence-corrected chi connectivity index (χ0v) is 8.40. The third-order valence-corrected chi connectivity index (χ3v) is 1.94. The number of aromatic hydroxyl groups is 1. The highest BCUT2D eigenvalue weighted by atomic mass is 16.5. The minimum absolute atomic E-state index is 0.00963. The number of phenols is 1. The van der Waals surface area contributed by atoms with E-state index in [0.717, 1.165) is 0 Å². The molecule has 2 radical (unpaired) electrons. The Balaban J connectivity index is 3.35. The topological polar surface area (TPSA) is 63.6 Å². The van der Waals surface area contributed by atoms with Gasteiger partial charge in [0.25, 0.3) is 0 Å². The van der Waals surface area contributed by atoms with E-state index in [1.807, 2.05) is 0 Å². The zero-order chi connectivity index (χ0) is 11.6. The highest BCUT2D eigenvalue weighted by molar-refractivity contribution is 6.35. The van der Waals surface area contributed by atoms with Gasteiger partial charge in [-0.15, -0.1) is 0 Å². The molecule has 0 aromatic heterocycles. The summed E-state index contributed by atoms with van der Waals surface area (Å²) in [5.74, 6) is -1.29. The van der Waals surface area contributed by atoms with Crippen molar-refractivity contribution in [2.75, 3.05) is 7.11 Å². The van der Waals surface area contributed by atoms with E-state index in [4.69, 9.17) is 7.85 Å². The van der Waals surface area contributed by atoms with E-state index >= 15 is 0 Å². The van der Waals surface area contributed by atoms with Crippen molar-refractivity contribution in [1.29, 1.82) is 0 Å². The molecule has 0 amide bonds. The van der Waals surface area contributed by atoms with Crippen LogP contribution >= 0.6 is 0 Å². The Labute approximate surface area is 88.3 Å². The highest BCUT2D eigenvalue weighted by Crippen LogP contribution is 2.16. The normalized spacial score (nSPS) is 9.73. The number of ketones is 1. The second-order valence-corrected chi connectivity index (χ2v) is 3.01. The molecule has 0 heterocycles. The number of esters is 1. The van der Waals surface area contributed by atoms with Crippen LogP contribution < -0.4 is 5.46 Å². The minimum atomic E-state index is -0.607. The Bertz CT molecular complexity index is 426. The van der Waals surface area contributed by atoms with Crippen LogP contribution in [-0.2, 0) is 4.74 Å². The Morgan fingerprint density at radius 3 is 2.47 bits per heavy atom. The first-order valence-corrected chi connectivity index (χ1v) is 4.19. The number of benzene rings is 1. The van der Waals surface area contributed by atoms with E-state index in [-0.39, 0.29) is 28.1 Å². The molecule has 0 spiro atoms. The third kappa shape index (κ3) is 2.18. The molecule has 0 unspecified atom stereocenters. The molecule has 76 valence electrons. The number of methoxy groups -OCH3 is 1. The maximum Gasteiger partial charge on any atom is 0.337 e. The Morgan fingerprint density at radius 2 is 2.00 bits per heavy atom.